The van der Waals surface area contributed by atoms with Crippen molar-refractivity contribution in [2.75, 3.05) is 6.61 Å². The Kier molecular flexibility index (Phi) is 9.18. The maximum atomic E-state index is 13.2. The van der Waals surface area contributed by atoms with E-state index in [4.69, 9.17) is 16.3 Å². The molecule has 2 aromatic rings. The van der Waals surface area contributed by atoms with Crippen molar-refractivity contribution in [3.8, 4) is 5.75 Å². The van der Waals surface area contributed by atoms with Gasteiger partial charge < -0.3 is 15.0 Å². The minimum absolute atomic E-state index is 0.0343. The molecule has 2 atom stereocenters. The van der Waals surface area contributed by atoms with Crippen molar-refractivity contribution in [1.29, 1.82) is 0 Å². The predicted octanol–water partition coefficient (Wildman–Crippen LogP) is 4.75. The van der Waals surface area contributed by atoms with Crippen molar-refractivity contribution >= 4 is 23.4 Å². The zero-order chi connectivity index (χ0) is 22.1. The van der Waals surface area contributed by atoms with E-state index in [0.29, 0.717) is 17.2 Å². The Morgan fingerprint density at radius 2 is 1.73 bits per heavy atom. The molecule has 0 saturated carbocycles. The van der Waals surface area contributed by atoms with Crippen LogP contribution >= 0.6 is 11.6 Å². The van der Waals surface area contributed by atoms with Crippen molar-refractivity contribution in [2.45, 2.75) is 59.2 Å². The number of hydrogen-bond donors (Lipinski definition) is 1. The van der Waals surface area contributed by atoms with Gasteiger partial charge in [-0.3, -0.25) is 9.59 Å². The average molecular weight is 431 g/mol. The Balaban J connectivity index is 2.24. The number of rotatable bonds is 10. The first-order valence-electron chi connectivity index (χ1n) is 10.4. The summed E-state index contributed by atoms with van der Waals surface area (Å²) in [5.74, 6) is 0.230. The molecule has 6 heteroatoms. The monoisotopic (exact) mass is 430 g/mol. The molecule has 30 heavy (non-hydrogen) atoms. The fraction of sp³-hybridized carbons (Fsp3) is 0.417. The summed E-state index contributed by atoms with van der Waals surface area (Å²) in [6.07, 6.45) is 1.31. The smallest absolute Gasteiger partial charge is 0.261 e. The Bertz CT molecular complexity index is 856. The first-order chi connectivity index (χ1) is 14.4. The van der Waals surface area contributed by atoms with E-state index < -0.39 is 6.04 Å². The van der Waals surface area contributed by atoms with Crippen LogP contribution in [0, 0.1) is 6.92 Å². The van der Waals surface area contributed by atoms with E-state index >= 15 is 0 Å². The van der Waals surface area contributed by atoms with E-state index in [-0.39, 0.29) is 31.0 Å². The van der Waals surface area contributed by atoms with Crippen LogP contribution in [0.15, 0.2) is 48.5 Å². The maximum absolute atomic E-state index is 13.2. The fourth-order valence-electron chi connectivity index (χ4n) is 3.11. The lowest BCUT2D eigenvalue weighted by Gasteiger charge is -2.31. The molecule has 0 radical (unpaired) electrons. The summed E-state index contributed by atoms with van der Waals surface area (Å²) in [5, 5.41) is 3.55. The number of aryl methyl sites for hydroxylation is 1. The molecule has 0 aromatic heterocycles. The fourth-order valence-corrected chi connectivity index (χ4v) is 3.31. The zero-order valence-corrected chi connectivity index (χ0v) is 18.9. The number of nitrogens with one attached hydrogen (secondary N) is 1. The summed E-state index contributed by atoms with van der Waals surface area (Å²) in [7, 11) is 0. The number of para-hydroxylation sites is 1. The van der Waals surface area contributed by atoms with Gasteiger partial charge in [0, 0.05) is 17.6 Å². The van der Waals surface area contributed by atoms with Crippen molar-refractivity contribution in [2.24, 2.45) is 0 Å². The molecule has 0 unspecified atom stereocenters. The number of ether oxygens (including phenoxy) is 1. The summed E-state index contributed by atoms with van der Waals surface area (Å²) < 4.78 is 5.77. The maximum Gasteiger partial charge on any atom is 0.261 e. The summed E-state index contributed by atoms with van der Waals surface area (Å²) in [6, 6.07) is 14.3. The molecule has 2 aromatic carbocycles. The van der Waals surface area contributed by atoms with Gasteiger partial charge >= 0.3 is 0 Å². The number of hydrogen-bond acceptors (Lipinski definition) is 3. The summed E-state index contributed by atoms with van der Waals surface area (Å²) in [4.78, 5) is 27.7. The van der Waals surface area contributed by atoms with E-state index in [9.17, 15) is 9.59 Å². The van der Waals surface area contributed by atoms with Gasteiger partial charge in [-0.15, -0.1) is 0 Å². The Labute approximate surface area is 184 Å². The first kappa shape index (κ1) is 23.7. The van der Waals surface area contributed by atoms with E-state index in [1.165, 1.54) is 0 Å². The van der Waals surface area contributed by atoms with Crippen molar-refractivity contribution < 1.29 is 14.3 Å². The third-order valence-corrected chi connectivity index (χ3v) is 5.50. The van der Waals surface area contributed by atoms with Crippen molar-refractivity contribution in [3.63, 3.8) is 0 Å². The number of nitrogens with zero attached hydrogens (tertiary/aromatic N) is 1. The number of halogens is 1. The van der Waals surface area contributed by atoms with Crippen LogP contribution in [0.5, 0.6) is 5.75 Å². The molecule has 0 spiro atoms. The summed E-state index contributed by atoms with van der Waals surface area (Å²) in [5.41, 5.74) is 1.74. The third-order valence-electron chi connectivity index (χ3n) is 5.13. The highest BCUT2D eigenvalue weighted by atomic mass is 35.5. The van der Waals surface area contributed by atoms with Crippen LogP contribution < -0.4 is 10.1 Å². The van der Waals surface area contributed by atoms with Crippen molar-refractivity contribution in [1.82, 2.24) is 10.2 Å². The number of benzene rings is 2. The second kappa shape index (κ2) is 11.6. The average Bonchev–Trinajstić information content (AvgIpc) is 2.74. The molecule has 0 aliphatic heterocycles. The third kappa shape index (κ3) is 6.49. The minimum Gasteiger partial charge on any atom is -0.484 e. The molecule has 0 aliphatic carbocycles. The predicted molar refractivity (Wildman–Crippen MR) is 121 cm³/mol. The SMILES string of the molecule is CC[C@H](C)NC(=O)[C@H](CC)N(Cc1ccccc1Cl)C(=O)COc1ccccc1C. The Morgan fingerprint density at radius 3 is 2.37 bits per heavy atom. The lowest BCUT2D eigenvalue weighted by atomic mass is 10.1. The zero-order valence-electron chi connectivity index (χ0n) is 18.2. The molecule has 0 bridgehead atoms. The van der Waals surface area contributed by atoms with Gasteiger partial charge in [-0.05, 0) is 49.9 Å². The number of carbonyl (C=O) groups excluding carboxylic acids is 2. The molecule has 1 N–H and O–H groups in total. The second-order valence-electron chi connectivity index (χ2n) is 7.41. The highest BCUT2D eigenvalue weighted by Crippen LogP contribution is 2.21. The molecule has 5 nitrogen and oxygen atoms in total. The molecular formula is C24H31ClN2O3. The van der Waals surface area contributed by atoms with Gasteiger partial charge in [0.25, 0.3) is 5.91 Å². The van der Waals surface area contributed by atoms with Crippen molar-refractivity contribution in [3.05, 3.63) is 64.7 Å². The Hall–Kier alpha value is -2.53. The van der Waals surface area contributed by atoms with Gasteiger partial charge in [0.2, 0.25) is 5.91 Å². The molecule has 0 heterocycles. The number of carbonyl (C=O) groups is 2. The van der Waals surface area contributed by atoms with Crippen LogP contribution in [-0.4, -0.2) is 35.4 Å². The standard InChI is InChI=1S/C24H31ClN2O3/c1-5-18(4)26-24(29)21(6-2)27(15-19-12-8-9-13-20(19)25)23(28)16-30-22-14-10-7-11-17(22)3/h7-14,18,21H,5-6,15-16H2,1-4H3,(H,26,29)/t18-,21-/m0/s1. The van der Waals surface area contributed by atoms with E-state index in [1.807, 2.05) is 70.2 Å². The molecule has 0 aliphatic rings. The number of amides is 2. The molecule has 0 saturated heterocycles. The molecule has 2 amide bonds. The van der Waals surface area contributed by atoms with Crippen LogP contribution in [0.2, 0.25) is 5.02 Å². The van der Waals surface area contributed by atoms with Gasteiger partial charge in [0.15, 0.2) is 6.61 Å². The lowest BCUT2D eigenvalue weighted by Crippen LogP contribution is -2.51. The van der Waals surface area contributed by atoms with E-state index in [0.717, 1.165) is 17.5 Å². The van der Waals surface area contributed by atoms with Gasteiger partial charge in [-0.1, -0.05) is 61.8 Å². The lowest BCUT2D eigenvalue weighted by molar-refractivity contribution is -0.143. The van der Waals surface area contributed by atoms with Crippen LogP contribution in [0.1, 0.15) is 44.7 Å². The normalized spacial score (nSPS) is 12.7. The molecule has 2 rings (SSSR count). The highest BCUT2D eigenvalue weighted by Gasteiger charge is 2.30. The molecular weight excluding hydrogens is 400 g/mol. The van der Waals surface area contributed by atoms with Crippen LogP contribution in [0.25, 0.3) is 0 Å². The highest BCUT2D eigenvalue weighted by molar-refractivity contribution is 6.31. The largest absolute Gasteiger partial charge is 0.484 e. The topological polar surface area (TPSA) is 58.6 Å². The second-order valence-corrected chi connectivity index (χ2v) is 7.82. The van der Waals surface area contributed by atoms with Gasteiger partial charge in [-0.2, -0.15) is 0 Å². The molecule has 162 valence electrons. The first-order valence-corrected chi connectivity index (χ1v) is 10.8. The van der Waals surface area contributed by atoms with Gasteiger partial charge in [-0.25, -0.2) is 0 Å². The minimum atomic E-state index is -0.608. The van der Waals surface area contributed by atoms with Gasteiger partial charge in [0.1, 0.15) is 11.8 Å². The molecule has 0 fully saturated rings. The van der Waals surface area contributed by atoms with Crippen LogP contribution in [-0.2, 0) is 16.1 Å². The summed E-state index contributed by atoms with van der Waals surface area (Å²) in [6.45, 7) is 7.87. The van der Waals surface area contributed by atoms with Crippen LogP contribution in [0.3, 0.4) is 0 Å². The van der Waals surface area contributed by atoms with E-state index in [1.54, 1.807) is 11.0 Å². The quantitative estimate of drug-likeness (QED) is 0.591. The Morgan fingerprint density at radius 1 is 1.07 bits per heavy atom. The van der Waals surface area contributed by atoms with Crippen LogP contribution in [0.4, 0.5) is 0 Å². The summed E-state index contributed by atoms with van der Waals surface area (Å²) >= 11 is 6.33. The van der Waals surface area contributed by atoms with E-state index in [2.05, 4.69) is 5.32 Å². The van der Waals surface area contributed by atoms with Gasteiger partial charge in [0.05, 0.1) is 0 Å².